The van der Waals surface area contributed by atoms with Crippen LogP contribution in [-0.2, 0) is 20.8 Å². The van der Waals surface area contributed by atoms with E-state index in [1.807, 2.05) is 0 Å². The molecule has 3 rings (SSSR count). The van der Waals surface area contributed by atoms with Crippen LogP contribution in [0.3, 0.4) is 0 Å². The number of Topliss-reactive ketones (excluding diaryl/α,β-unsaturated/α-hetero) is 1. The molecule has 0 saturated carbocycles. The number of rotatable bonds is 9. The minimum Gasteiger partial charge on any atom is -0.491 e. The van der Waals surface area contributed by atoms with Gasteiger partial charge in [-0.25, -0.2) is 4.79 Å². The van der Waals surface area contributed by atoms with Gasteiger partial charge in [0.05, 0.1) is 23.1 Å². The SMILES string of the molecule is CC(=O)NCc1ccc(C(=O)COC(=O)c2ccc(OC[C@H]3CCCO3)cc2)s1. The summed E-state index contributed by atoms with van der Waals surface area (Å²) in [6, 6.07) is 10.0. The molecular formula is C21H23NO6S. The lowest BCUT2D eigenvalue weighted by molar-refractivity contribution is -0.119. The zero-order chi connectivity index (χ0) is 20.6. The van der Waals surface area contributed by atoms with Crippen LogP contribution in [0.5, 0.6) is 5.75 Å². The summed E-state index contributed by atoms with van der Waals surface area (Å²) in [6.07, 6.45) is 2.18. The summed E-state index contributed by atoms with van der Waals surface area (Å²) < 4.78 is 16.3. The number of ketones is 1. The van der Waals surface area contributed by atoms with Crippen molar-refractivity contribution in [2.45, 2.75) is 32.4 Å². The molecule has 1 aliphatic heterocycles. The molecule has 1 amide bonds. The van der Waals surface area contributed by atoms with Crippen molar-refractivity contribution < 1.29 is 28.6 Å². The van der Waals surface area contributed by atoms with Crippen LogP contribution in [-0.4, -0.2) is 43.6 Å². The fourth-order valence-corrected chi connectivity index (χ4v) is 3.64. The Hall–Kier alpha value is -2.71. The second kappa shape index (κ2) is 10.2. The summed E-state index contributed by atoms with van der Waals surface area (Å²) in [4.78, 5) is 36.7. The molecule has 0 aliphatic carbocycles. The third kappa shape index (κ3) is 6.40. The lowest BCUT2D eigenvalue weighted by Gasteiger charge is -2.11. The van der Waals surface area contributed by atoms with Gasteiger partial charge in [-0.1, -0.05) is 0 Å². The van der Waals surface area contributed by atoms with Crippen molar-refractivity contribution >= 4 is 29.0 Å². The first kappa shape index (κ1) is 21.0. The van der Waals surface area contributed by atoms with Crippen LogP contribution in [0.2, 0.25) is 0 Å². The Morgan fingerprint density at radius 3 is 2.66 bits per heavy atom. The van der Waals surface area contributed by atoms with E-state index in [1.54, 1.807) is 36.4 Å². The minimum atomic E-state index is -0.570. The number of carbonyl (C=O) groups excluding carboxylic acids is 3. The van der Waals surface area contributed by atoms with E-state index in [9.17, 15) is 14.4 Å². The highest BCUT2D eigenvalue weighted by molar-refractivity contribution is 7.14. The van der Waals surface area contributed by atoms with Gasteiger partial charge in [-0.3, -0.25) is 9.59 Å². The standard InChI is InChI=1S/C21H23NO6S/c1-14(23)22-11-18-8-9-20(29-18)19(24)13-28-21(25)15-4-6-16(7-5-15)27-12-17-3-2-10-26-17/h4-9,17H,2-3,10-13H2,1H3,(H,22,23)/t17-/m1/s1. The molecule has 1 atom stereocenters. The Labute approximate surface area is 173 Å². The first-order valence-electron chi connectivity index (χ1n) is 9.39. The van der Waals surface area contributed by atoms with Crippen LogP contribution in [0, 0.1) is 0 Å². The first-order chi connectivity index (χ1) is 14.0. The van der Waals surface area contributed by atoms with Gasteiger partial charge in [-0.15, -0.1) is 11.3 Å². The molecule has 2 aromatic rings. The maximum atomic E-state index is 12.2. The van der Waals surface area contributed by atoms with E-state index in [4.69, 9.17) is 14.2 Å². The number of carbonyl (C=O) groups is 3. The van der Waals surface area contributed by atoms with Crippen molar-refractivity contribution in [1.29, 1.82) is 0 Å². The molecule has 0 bridgehead atoms. The van der Waals surface area contributed by atoms with Gasteiger partial charge in [0.15, 0.2) is 6.61 Å². The third-order valence-electron chi connectivity index (χ3n) is 4.33. The molecule has 1 aromatic carbocycles. The maximum Gasteiger partial charge on any atom is 0.338 e. The minimum absolute atomic E-state index is 0.127. The van der Waals surface area contributed by atoms with E-state index < -0.39 is 5.97 Å². The molecule has 1 aromatic heterocycles. The fourth-order valence-electron chi connectivity index (χ4n) is 2.77. The second-order valence-corrected chi connectivity index (χ2v) is 7.81. The van der Waals surface area contributed by atoms with Crippen molar-refractivity contribution in [3.63, 3.8) is 0 Å². The number of nitrogens with one attached hydrogen (secondary N) is 1. The van der Waals surface area contributed by atoms with Crippen molar-refractivity contribution in [3.8, 4) is 5.75 Å². The maximum absolute atomic E-state index is 12.2. The predicted molar refractivity (Wildman–Crippen MR) is 107 cm³/mol. The normalized spacial score (nSPS) is 15.7. The molecule has 29 heavy (non-hydrogen) atoms. The average Bonchev–Trinajstić information content (AvgIpc) is 3.41. The van der Waals surface area contributed by atoms with Crippen molar-refractivity contribution in [2.75, 3.05) is 19.8 Å². The van der Waals surface area contributed by atoms with E-state index in [0.717, 1.165) is 24.3 Å². The summed E-state index contributed by atoms with van der Waals surface area (Å²) in [5.74, 6) is -0.338. The van der Waals surface area contributed by atoms with Gasteiger partial charge in [0.1, 0.15) is 12.4 Å². The summed E-state index contributed by atoms with van der Waals surface area (Å²) in [5.41, 5.74) is 0.347. The molecule has 1 fully saturated rings. The van der Waals surface area contributed by atoms with Crippen LogP contribution in [0.25, 0.3) is 0 Å². The monoisotopic (exact) mass is 417 g/mol. The van der Waals surface area contributed by atoms with Gasteiger partial charge in [0.25, 0.3) is 0 Å². The number of amides is 1. The Morgan fingerprint density at radius 1 is 1.17 bits per heavy atom. The van der Waals surface area contributed by atoms with Crippen LogP contribution in [0.1, 0.15) is 44.7 Å². The van der Waals surface area contributed by atoms with Gasteiger partial charge in [0.2, 0.25) is 11.7 Å². The van der Waals surface area contributed by atoms with Crippen LogP contribution in [0.15, 0.2) is 36.4 Å². The molecule has 1 N–H and O–H groups in total. The van der Waals surface area contributed by atoms with Crippen LogP contribution < -0.4 is 10.1 Å². The number of thiophene rings is 1. The van der Waals surface area contributed by atoms with E-state index >= 15 is 0 Å². The average molecular weight is 417 g/mol. The molecule has 154 valence electrons. The Kier molecular flexibility index (Phi) is 7.37. The number of hydrogen-bond donors (Lipinski definition) is 1. The van der Waals surface area contributed by atoms with E-state index in [-0.39, 0.29) is 24.4 Å². The van der Waals surface area contributed by atoms with Crippen LogP contribution >= 0.6 is 11.3 Å². The molecule has 2 heterocycles. The van der Waals surface area contributed by atoms with Crippen molar-refractivity contribution in [3.05, 3.63) is 51.7 Å². The first-order valence-corrected chi connectivity index (χ1v) is 10.2. The van der Waals surface area contributed by atoms with Gasteiger partial charge >= 0.3 is 5.97 Å². The Bertz CT molecular complexity index is 854. The summed E-state index contributed by atoms with van der Waals surface area (Å²) in [5, 5.41) is 2.67. The smallest absolute Gasteiger partial charge is 0.338 e. The van der Waals surface area contributed by atoms with Crippen molar-refractivity contribution in [1.82, 2.24) is 5.32 Å². The zero-order valence-electron chi connectivity index (χ0n) is 16.1. The lowest BCUT2D eigenvalue weighted by Crippen LogP contribution is -2.18. The quantitative estimate of drug-likeness (QED) is 0.498. The summed E-state index contributed by atoms with van der Waals surface area (Å²) in [7, 11) is 0. The highest BCUT2D eigenvalue weighted by atomic mass is 32.1. The Morgan fingerprint density at radius 2 is 1.97 bits per heavy atom. The molecular weight excluding hydrogens is 394 g/mol. The van der Waals surface area contributed by atoms with Gasteiger partial charge < -0.3 is 19.5 Å². The molecule has 0 spiro atoms. The van der Waals surface area contributed by atoms with E-state index in [2.05, 4.69) is 5.32 Å². The summed E-state index contributed by atoms with van der Waals surface area (Å²) >= 11 is 1.27. The molecule has 8 heteroatoms. The molecule has 7 nitrogen and oxygen atoms in total. The topological polar surface area (TPSA) is 90.9 Å². The van der Waals surface area contributed by atoms with Gasteiger partial charge in [-0.2, -0.15) is 0 Å². The second-order valence-electron chi connectivity index (χ2n) is 6.65. The van der Waals surface area contributed by atoms with Crippen LogP contribution in [0.4, 0.5) is 0 Å². The predicted octanol–water partition coefficient (Wildman–Crippen LogP) is 2.98. The van der Waals surface area contributed by atoms with E-state index in [1.165, 1.54) is 18.3 Å². The van der Waals surface area contributed by atoms with Gasteiger partial charge in [0, 0.05) is 18.4 Å². The number of ether oxygens (including phenoxy) is 3. The number of benzene rings is 1. The molecule has 1 saturated heterocycles. The summed E-state index contributed by atoms with van der Waals surface area (Å²) in [6.45, 7) is 2.73. The largest absolute Gasteiger partial charge is 0.491 e. The zero-order valence-corrected chi connectivity index (χ0v) is 17.0. The lowest BCUT2D eigenvalue weighted by atomic mass is 10.2. The van der Waals surface area contributed by atoms with Crippen molar-refractivity contribution in [2.24, 2.45) is 0 Å². The number of hydrogen-bond acceptors (Lipinski definition) is 7. The molecule has 0 unspecified atom stereocenters. The Balaban J connectivity index is 1.44. The fraction of sp³-hybridized carbons (Fsp3) is 0.381. The highest BCUT2D eigenvalue weighted by Crippen LogP contribution is 2.19. The van der Waals surface area contributed by atoms with E-state index in [0.29, 0.717) is 29.3 Å². The third-order valence-corrected chi connectivity index (χ3v) is 5.46. The molecule has 1 aliphatic rings. The number of esters is 1. The molecule has 0 radical (unpaired) electrons. The van der Waals surface area contributed by atoms with Gasteiger partial charge in [-0.05, 0) is 49.2 Å². The highest BCUT2D eigenvalue weighted by Gasteiger charge is 2.17.